The van der Waals surface area contributed by atoms with Gasteiger partial charge in [0.05, 0.1) is 13.0 Å². The van der Waals surface area contributed by atoms with Crippen molar-refractivity contribution in [1.29, 1.82) is 0 Å². The molecule has 0 saturated heterocycles. The number of aliphatic carboxylic acids is 1. The van der Waals surface area contributed by atoms with E-state index in [9.17, 15) is 9.90 Å². The van der Waals surface area contributed by atoms with Crippen LogP contribution in [-0.4, -0.2) is 18.2 Å². The molecule has 17 heavy (non-hydrogen) atoms. The standard InChI is InChI=1S/C14H20O3/c1-5-10(3)13(14(15)16)11-8-9(2)6-7-12(11)17-4/h6-8,10,13H,5H2,1-4H3,(H,15,16). The maximum absolute atomic E-state index is 11.4. The number of methoxy groups -OCH3 is 1. The van der Waals surface area contributed by atoms with Crippen LogP contribution in [0.2, 0.25) is 0 Å². The van der Waals surface area contributed by atoms with Gasteiger partial charge in [0.2, 0.25) is 0 Å². The molecular formula is C14H20O3. The summed E-state index contributed by atoms with van der Waals surface area (Å²) in [5, 5.41) is 9.38. The summed E-state index contributed by atoms with van der Waals surface area (Å²) in [4.78, 5) is 11.4. The van der Waals surface area contributed by atoms with Crippen molar-refractivity contribution in [2.24, 2.45) is 5.92 Å². The van der Waals surface area contributed by atoms with Crippen molar-refractivity contribution < 1.29 is 14.6 Å². The summed E-state index contributed by atoms with van der Waals surface area (Å²) in [5.41, 5.74) is 1.82. The van der Waals surface area contributed by atoms with Crippen LogP contribution in [0.15, 0.2) is 18.2 Å². The number of carbonyl (C=O) groups is 1. The number of rotatable bonds is 5. The minimum atomic E-state index is -0.789. The highest BCUT2D eigenvalue weighted by Gasteiger charge is 2.28. The normalized spacial score (nSPS) is 14.1. The summed E-state index contributed by atoms with van der Waals surface area (Å²) < 4.78 is 5.26. The highest BCUT2D eigenvalue weighted by Crippen LogP contribution is 2.34. The fraction of sp³-hybridized carbons (Fsp3) is 0.500. The van der Waals surface area contributed by atoms with E-state index in [0.29, 0.717) is 5.75 Å². The van der Waals surface area contributed by atoms with Gasteiger partial charge in [-0.3, -0.25) is 4.79 Å². The second kappa shape index (κ2) is 5.71. The van der Waals surface area contributed by atoms with Gasteiger partial charge in [0.25, 0.3) is 0 Å². The average Bonchev–Trinajstić information content (AvgIpc) is 2.29. The third-order valence-corrected chi connectivity index (χ3v) is 3.20. The summed E-state index contributed by atoms with van der Waals surface area (Å²) in [6.45, 7) is 5.92. The molecule has 3 nitrogen and oxygen atoms in total. The van der Waals surface area contributed by atoms with E-state index in [0.717, 1.165) is 17.5 Å². The minimum Gasteiger partial charge on any atom is -0.496 e. The number of ether oxygens (including phenoxy) is 1. The first kappa shape index (κ1) is 13.6. The lowest BCUT2D eigenvalue weighted by Crippen LogP contribution is -2.20. The van der Waals surface area contributed by atoms with E-state index in [1.807, 2.05) is 39.0 Å². The van der Waals surface area contributed by atoms with Crippen LogP contribution in [-0.2, 0) is 4.79 Å². The van der Waals surface area contributed by atoms with Crippen molar-refractivity contribution in [3.63, 3.8) is 0 Å². The topological polar surface area (TPSA) is 46.5 Å². The molecule has 3 heteroatoms. The second-order valence-corrected chi connectivity index (χ2v) is 4.45. The van der Waals surface area contributed by atoms with E-state index in [2.05, 4.69) is 0 Å². The highest BCUT2D eigenvalue weighted by molar-refractivity contribution is 5.77. The van der Waals surface area contributed by atoms with Crippen molar-refractivity contribution in [3.8, 4) is 5.75 Å². The fourth-order valence-corrected chi connectivity index (χ4v) is 2.02. The van der Waals surface area contributed by atoms with Crippen LogP contribution >= 0.6 is 0 Å². The lowest BCUT2D eigenvalue weighted by atomic mass is 9.84. The van der Waals surface area contributed by atoms with E-state index in [4.69, 9.17) is 4.74 Å². The monoisotopic (exact) mass is 236 g/mol. The van der Waals surface area contributed by atoms with E-state index < -0.39 is 11.9 Å². The van der Waals surface area contributed by atoms with Gasteiger partial charge in [-0.25, -0.2) is 0 Å². The van der Waals surface area contributed by atoms with Crippen LogP contribution in [0, 0.1) is 12.8 Å². The molecule has 2 atom stereocenters. The van der Waals surface area contributed by atoms with Crippen LogP contribution in [0.25, 0.3) is 0 Å². The number of carboxylic acids is 1. The Kier molecular flexibility index (Phi) is 4.55. The molecule has 0 spiro atoms. The zero-order chi connectivity index (χ0) is 13.0. The van der Waals surface area contributed by atoms with E-state index in [-0.39, 0.29) is 5.92 Å². The number of benzene rings is 1. The molecule has 0 heterocycles. The molecule has 0 bridgehead atoms. The molecule has 0 aromatic heterocycles. The molecule has 0 saturated carbocycles. The third-order valence-electron chi connectivity index (χ3n) is 3.20. The van der Waals surface area contributed by atoms with Crippen LogP contribution in [0.1, 0.15) is 37.3 Å². The van der Waals surface area contributed by atoms with Crippen molar-refractivity contribution in [3.05, 3.63) is 29.3 Å². The van der Waals surface area contributed by atoms with Gasteiger partial charge in [-0.2, -0.15) is 0 Å². The lowest BCUT2D eigenvalue weighted by molar-refractivity contribution is -0.140. The van der Waals surface area contributed by atoms with Gasteiger partial charge in [-0.15, -0.1) is 0 Å². The molecule has 0 aliphatic rings. The molecule has 0 amide bonds. The molecule has 94 valence electrons. The van der Waals surface area contributed by atoms with Crippen molar-refractivity contribution in [2.75, 3.05) is 7.11 Å². The van der Waals surface area contributed by atoms with Crippen molar-refractivity contribution >= 4 is 5.97 Å². The van der Waals surface area contributed by atoms with Gasteiger partial charge in [-0.1, -0.05) is 38.0 Å². The number of hydrogen-bond donors (Lipinski definition) is 1. The predicted molar refractivity (Wildman–Crippen MR) is 67.6 cm³/mol. The van der Waals surface area contributed by atoms with E-state index in [1.54, 1.807) is 7.11 Å². The maximum atomic E-state index is 11.4. The molecular weight excluding hydrogens is 216 g/mol. The Hall–Kier alpha value is -1.51. The lowest BCUT2D eigenvalue weighted by Gasteiger charge is -2.21. The summed E-state index contributed by atoms with van der Waals surface area (Å²) in [6.07, 6.45) is 0.827. The first-order valence-electron chi connectivity index (χ1n) is 5.88. The number of hydrogen-bond acceptors (Lipinski definition) is 2. The number of carboxylic acid groups (broad SMARTS) is 1. The van der Waals surface area contributed by atoms with E-state index in [1.165, 1.54) is 0 Å². The molecule has 1 aromatic rings. The van der Waals surface area contributed by atoms with Gasteiger partial charge in [-0.05, 0) is 18.9 Å². The van der Waals surface area contributed by atoms with Crippen LogP contribution in [0.4, 0.5) is 0 Å². The summed E-state index contributed by atoms with van der Waals surface area (Å²) in [7, 11) is 1.57. The highest BCUT2D eigenvalue weighted by atomic mass is 16.5. The van der Waals surface area contributed by atoms with Crippen molar-refractivity contribution in [1.82, 2.24) is 0 Å². The van der Waals surface area contributed by atoms with Gasteiger partial charge in [0.1, 0.15) is 5.75 Å². The predicted octanol–water partition coefficient (Wildman–Crippen LogP) is 3.22. The molecule has 1 N–H and O–H groups in total. The van der Waals surface area contributed by atoms with Crippen LogP contribution < -0.4 is 4.74 Å². The van der Waals surface area contributed by atoms with Crippen LogP contribution in [0.3, 0.4) is 0 Å². The molecule has 1 rings (SSSR count). The molecule has 0 radical (unpaired) electrons. The Balaban J connectivity index is 3.26. The first-order valence-corrected chi connectivity index (χ1v) is 5.88. The Morgan fingerprint density at radius 3 is 2.59 bits per heavy atom. The SMILES string of the molecule is CCC(C)C(C(=O)O)c1cc(C)ccc1OC. The van der Waals surface area contributed by atoms with Gasteiger partial charge in [0, 0.05) is 5.56 Å². The van der Waals surface area contributed by atoms with E-state index >= 15 is 0 Å². The minimum absolute atomic E-state index is 0.0863. The van der Waals surface area contributed by atoms with Crippen molar-refractivity contribution in [2.45, 2.75) is 33.1 Å². The molecule has 2 unspecified atom stereocenters. The Morgan fingerprint density at radius 1 is 1.47 bits per heavy atom. The second-order valence-electron chi connectivity index (χ2n) is 4.45. The molecule has 0 aliphatic heterocycles. The Bertz CT molecular complexity index is 398. The Morgan fingerprint density at radius 2 is 2.12 bits per heavy atom. The molecule has 0 fully saturated rings. The zero-order valence-electron chi connectivity index (χ0n) is 10.9. The third kappa shape index (κ3) is 2.99. The summed E-state index contributed by atoms with van der Waals surface area (Å²) in [6, 6.07) is 5.67. The van der Waals surface area contributed by atoms with Gasteiger partial charge < -0.3 is 9.84 Å². The summed E-state index contributed by atoms with van der Waals surface area (Å²) in [5.74, 6) is -0.551. The smallest absolute Gasteiger partial charge is 0.311 e. The first-order chi connectivity index (χ1) is 8.01. The van der Waals surface area contributed by atoms with Gasteiger partial charge in [0.15, 0.2) is 0 Å². The number of aryl methyl sites for hydroxylation is 1. The fourth-order valence-electron chi connectivity index (χ4n) is 2.02. The molecule has 0 aliphatic carbocycles. The molecule has 1 aromatic carbocycles. The van der Waals surface area contributed by atoms with Crippen LogP contribution in [0.5, 0.6) is 5.75 Å². The zero-order valence-corrected chi connectivity index (χ0v) is 10.9. The Labute approximate surface area is 102 Å². The quantitative estimate of drug-likeness (QED) is 0.853. The van der Waals surface area contributed by atoms with Gasteiger partial charge >= 0.3 is 5.97 Å². The largest absolute Gasteiger partial charge is 0.496 e. The maximum Gasteiger partial charge on any atom is 0.311 e. The average molecular weight is 236 g/mol. The summed E-state index contributed by atoms with van der Waals surface area (Å²) >= 11 is 0.